The van der Waals surface area contributed by atoms with E-state index in [1.807, 2.05) is 19.1 Å². The fourth-order valence-corrected chi connectivity index (χ4v) is 4.34. The first-order valence-electron chi connectivity index (χ1n) is 10.8. The summed E-state index contributed by atoms with van der Waals surface area (Å²) in [5.41, 5.74) is 2.08. The predicted octanol–water partition coefficient (Wildman–Crippen LogP) is 5.01. The number of furan rings is 1. The van der Waals surface area contributed by atoms with Crippen LogP contribution in [0.3, 0.4) is 0 Å². The molecule has 0 N–H and O–H groups in total. The van der Waals surface area contributed by atoms with Crippen LogP contribution >= 0.6 is 0 Å². The number of benzene rings is 2. The molecule has 3 heterocycles. The van der Waals surface area contributed by atoms with Gasteiger partial charge in [0.2, 0.25) is 5.76 Å². The third-order valence-electron chi connectivity index (χ3n) is 5.89. The van der Waals surface area contributed by atoms with Gasteiger partial charge in [0, 0.05) is 0 Å². The summed E-state index contributed by atoms with van der Waals surface area (Å²) in [4.78, 5) is 28.8. The Bertz CT molecular complexity index is 1450. The highest BCUT2D eigenvalue weighted by Gasteiger charge is 2.43. The van der Waals surface area contributed by atoms with Crippen molar-refractivity contribution in [3.63, 3.8) is 0 Å². The molecule has 0 aliphatic carbocycles. The van der Waals surface area contributed by atoms with E-state index < -0.39 is 6.04 Å². The zero-order valence-corrected chi connectivity index (χ0v) is 18.9. The minimum atomic E-state index is -0.684. The van der Waals surface area contributed by atoms with E-state index in [0.717, 1.165) is 5.56 Å². The zero-order chi connectivity index (χ0) is 23.8. The highest BCUT2D eigenvalue weighted by atomic mass is 16.5. The summed E-state index contributed by atoms with van der Waals surface area (Å²) in [5.74, 6) is 1.29. The Morgan fingerprint density at radius 3 is 2.71 bits per heavy atom. The Morgan fingerprint density at radius 1 is 1.12 bits per heavy atom. The summed E-state index contributed by atoms with van der Waals surface area (Å²) in [6, 6.07) is 13.6. The van der Waals surface area contributed by atoms with Gasteiger partial charge in [0.1, 0.15) is 18.0 Å². The van der Waals surface area contributed by atoms with Crippen molar-refractivity contribution < 1.29 is 23.1 Å². The highest BCUT2D eigenvalue weighted by Crippen LogP contribution is 2.41. The Labute approximate surface area is 195 Å². The smallest absolute Gasteiger partial charge is 0.291 e. The Hall–Kier alpha value is -4.26. The molecule has 172 valence electrons. The van der Waals surface area contributed by atoms with Gasteiger partial charge in [-0.05, 0) is 48.9 Å². The van der Waals surface area contributed by atoms with Gasteiger partial charge >= 0.3 is 0 Å². The molecule has 1 aliphatic heterocycles. The Morgan fingerprint density at radius 2 is 1.97 bits per heavy atom. The lowest BCUT2D eigenvalue weighted by Crippen LogP contribution is -2.29. The standard InChI is InChI=1S/C27H23NO6/c1-4-11-33-21-10-8-17(14-22(21)31-3)24-23-25(29)19-13-16(2)7-9-20(19)34-26(23)27(30)28(24)15-18-6-5-12-32-18/h4-10,12-14,24H,1,11,15H2,2-3H3/t24-/m0/s1. The molecule has 0 unspecified atom stereocenters. The molecular formula is C27H23NO6. The first-order chi connectivity index (χ1) is 16.5. The molecule has 1 atom stereocenters. The number of ether oxygens (including phenoxy) is 2. The zero-order valence-electron chi connectivity index (χ0n) is 18.9. The van der Waals surface area contributed by atoms with E-state index >= 15 is 0 Å². The van der Waals surface area contributed by atoms with Gasteiger partial charge < -0.3 is 23.2 Å². The van der Waals surface area contributed by atoms with Gasteiger partial charge in [-0.3, -0.25) is 9.59 Å². The molecule has 4 aromatic rings. The van der Waals surface area contributed by atoms with Gasteiger partial charge in [-0.1, -0.05) is 30.4 Å². The van der Waals surface area contributed by atoms with Gasteiger partial charge in [0.25, 0.3) is 5.91 Å². The van der Waals surface area contributed by atoms with Crippen LogP contribution in [0.15, 0.2) is 81.1 Å². The van der Waals surface area contributed by atoms with Crippen LogP contribution in [0.5, 0.6) is 11.5 Å². The van der Waals surface area contributed by atoms with Crippen LogP contribution in [0.4, 0.5) is 0 Å². The minimum absolute atomic E-state index is 0.0452. The SMILES string of the molecule is C=CCOc1ccc([C@H]2c3c(oc4ccc(C)cc4c3=O)C(=O)N2Cc2ccco2)cc1OC. The maximum atomic E-state index is 13.7. The average Bonchev–Trinajstić information content (AvgIpc) is 3.45. The van der Waals surface area contributed by atoms with E-state index in [9.17, 15) is 9.59 Å². The quantitative estimate of drug-likeness (QED) is 0.363. The maximum Gasteiger partial charge on any atom is 0.291 e. The molecule has 7 heteroatoms. The van der Waals surface area contributed by atoms with E-state index in [2.05, 4.69) is 6.58 Å². The molecule has 2 aromatic carbocycles. The maximum absolute atomic E-state index is 13.7. The van der Waals surface area contributed by atoms with Gasteiger partial charge in [0.05, 0.1) is 36.9 Å². The molecule has 0 spiro atoms. The van der Waals surface area contributed by atoms with E-state index in [1.54, 1.807) is 60.7 Å². The van der Waals surface area contributed by atoms with Crippen molar-refractivity contribution >= 4 is 16.9 Å². The summed E-state index contributed by atoms with van der Waals surface area (Å²) >= 11 is 0. The van der Waals surface area contributed by atoms with Gasteiger partial charge in [0.15, 0.2) is 16.9 Å². The fourth-order valence-electron chi connectivity index (χ4n) is 4.34. The van der Waals surface area contributed by atoms with E-state index in [4.69, 9.17) is 18.3 Å². The molecule has 7 nitrogen and oxygen atoms in total. The van der Waals surface area contributed by atoms with E-state index in [0.29, 0.717) is 46.0 Å². The van der Waals surface area contributed by atoms with E-state index in [-0.39, 0.29) is 23.6 Å². The molecule has 5 rings (SSSR count). The minimum Gasteiger partial charge on any atom is -0.493 e. The third-order valence-corrected chi connectivity index (χ3v) is 5.89. The molecule has 0 saturated heterocycles. The lowest BCUT2D eigenvalue weighted by atomic mass is 9.97. The second kappa shape index (κ2) is 8.59. The lowest BCUT2D eigenvalue weighted by molar-refractivity contribution is 0.0701. The third kappa shape index (κ3) is 3.55. The average molecular weight is 457 g/mol. The second-order valence-corrected chi connectivity index (χ2v) is 8.10. The second-order valence-electron chi connectivity index (χ2n) is 8.10. The molecule has 0 fully saturated rings. The van der Waals surface area contributed by atoms with Crippen molar-refractivity contribution in [3.8, 4) is 11.5 Å². The van der Waals surface area contributed by atoms with Crippen molar-refractivity contribution in [2.75, 3.05) is 13.7 Å². The normalized spacial score (nSPS) is 14.9. The number of fused-ring (bicyclic) bond motifs is 2. The van der Waals surface area contributed by atoms with Crippen LogP contribution in [-0.2, 0) is 6.54 Å². The summed E-state index contributed by atoms with van der Waals surface area (Å²) in [6.45, 7) is 6.07. The number of methoxy groups -OCH3 is 1. The van der Waals surface area contributed by atoms with Crippen molar-refractivity contribution in [2.24, 2.45) is 0 Å². The summed E-state index contributed by atoms with van der Waals surface area (Å²) in [5, 5.41) is 0.439. The molecule has 0 saturated carbocycles. The van der Waals surface area contributed by atoms with Crippen LogP contribution in [0, 0.1) is 6.92 Å². The Kier molecular flexibility index (Phi) is 5.45. The number of hydrogen-bond donors (Lipinski definition) is 0. The molecule has 1 amide bonds. The van der Waals surface area contributed by atoms with Crippen molar-refractivity contribution in [3.05, 3.63) is 106 Å². The molecule has 0 radical (unpaired) electrons. The molecule has 1 aliphatic rings. The Balaban J connectivity index is 1.70. The predicted molar refractivity (Wildman–Crippen MR) is 126 cm³/mol. The number of amides is 1. The first-order valence-corrected chi connectivity index (χ1v) is 10.8. The first kappa shape index (κ1) is 21.6. The van der Waals surface area contributed by atoms with Crippen LogP contribution in [-0.4, -0.2) is 24.5 Å². The van der Waals surface area contributed by atoms with Gasteiger partial charge in [-0.15, -0.1) is 0 Å². The molecule has 2 aromatic heterocycles. The number of aryl methyl sites for hydroxylation is 1. The van der Waals surface area contributed by atoms with E-state index in [1.165, 1.54) is 0 Å². The van der Waals surface area contributed by atoms with Gasteiger partial charge in [-0.25, -0.2) is 0 Å². The molecule has 0 bridgehead atoms. The van der Waals surface area contributed by atoms with Crippen LogP contribution in [0.1, 0.15) is 39.0 Å². The number of hydrogen-bond acceptors (Lipinski definition) is 6. The largest absolute Gasteiger partial charge is 0.493 e. The summed E-state index contributed by atoms with van der Waals surface area (Å²) in [7, 11) is 1.54. The van der Waals surface area contributed by atoms with Crippen LogP contribution in [0.25, 0.3) is 11.0 Å². The van der Waals surface area contributed by atoms with Crippen LogP contribution < -0.4 is 14.9 Å². The monoisotopic (exact) mass is 457 g/mol. The topological polar surface area (TPSA) is 82.1 Å². The van der Waals surface area contributed by atoms with Crippen LogP contribution in [0.2, 0.25) is 0 Å². The number of carbonyl (C=O) groups excluding carboxylic acids is 1. The molecular weight excluding hydrogens is 434 g/mol. The van der Waals surface area contributed by atoms with Crippen molar-refractivity contribution in [1.29, 1.82) is 0 Å². The number of nitrogens with zero attached hydrogens (tertiary/aromatic N) is 1. The van der Waals surface area contributed by atoms with Crippen molar-refractivity contribution in [1.82, 2.24) is 4.90 Å². The highest BCUT2D eigenvalue weighted by molar-refractivity contribution is 5.99. The summed E-state index contributed by atoms with van der Waals surface area (Å²) in [6.07, 6.45) is 3.19. The summed E-state index contributed by atoms with van der Waals surface area (Å²) < 4.78 is 22.7. The van der Waals surface area contributed by atoms with Crippen molar-refractivity contribution in [2.45, 2.75) is 19.5 Å². The fraction of sp³-hybridized carbons (Fsp3) is 0.185. The number of rotatable bonds is 7. The van der Waals surface area contributed by atoms with Gasteiger partial charge in [-0.2, -0.15) is 0 Å². The number of carbonyl (C=O) groups is 1. The lowest BCUT2D eigenvalue weighted by Gasteiger charge is -2.25. The molecule has 34 heavy (non-hydrogen) atoms.